The van der Waals surface area contributed by atoms with Gasteiger partial charge in [-0.1, -0.05) is 6.58 Å². The summed E-state index contributed by atoms with van der Waals surface area (Å²) < 4.78 is 111. The van der Waals surface area contributed by atoms with Crippen molar-refractivity contribution < 1.29 is 49.4 Å². The van der Waals surface area contributed by atoms with E-state index in [1.807, 2.05) is 0 Å². The van der Waals surface area contributed by atoms with Crippen molar-refractivity contribution in [2.24, 2.45) is 0 Å². The number of carboxylic acid groups (broad SMARTS) is 1. The van der Waals surface area contributed by atoms with Crippen LogP contribution < -0.4 is 5.11 Å². The van der Waals surface area contributed by atoms with Crippen LogP contribution in [0, 0.1) is 0 Å². The lowest BCUT2D eigenvalue weighted by Gasteiger charge is -2.33. The van der Waals surface area contributed by atoms with E-state index < -0.39 is 48.3 Å². The van der Waals surface area contributed by atoms with Gasteiger partial charge < -0.3 is 9.90 Å². The van der Waals surface area contributed by atoms with Gasteiger partial charge in [0.05, 0.1) is 5.97 Å². The van der Waals surface area contributed by atoms with Gasteiger partial charge in [-0.25, -0.2) is 0 Å². The number of hydrogen-bond donors (Lipinski definition) is 0. The average molecular weight is 317 g/mol. The Hall–Kier alpha value is -1.42. The van der Waals surface area contributed by atoms with Crippen LogP contribution in [-0.2, 0) is 4.79 Å². The third kappa shape index (κ3) is 3.18. The predicted octanol–water partition coefficient (Wildman–Crippen LogP) is 2.54. The number of rotatable bonds is 6. The Balaban J connectivity index is 5.27. The Morgan fingerprint density at radius 2 is 1.30 bits per heavy atom. The summed E-state index contributed by atoms with van der Waals surface area (Å²) in [6, 6.07) is 0. The maximum absolute atomic E-state index is 12.9. The topological polar surface area (TPSA) is 40.1 Å². The number of carboxylic acids is 1. The molecule has 0 fully saturated rings. The molecule has 0 aliphatic heterocycles. The third-order valence-electron chi connectivity index (χ3n) is 2.24. The predicted molar refractivity (Wildman–Crippen MR) is 44.3 cm³/mol. The Labute approximate surface area is 105 Å². The maximum Gasteiger partial charge on any atom is 0.460 e. The van der Waals surface area contributed by atoms with Gasteiger partial charge in [-0.05, 0) is 12.0 Å². The van der Waals surface area contributed by atoms with Crippen molar-refractivity contribution in [3.8, 4) is 0 Å². The largest absolute Gasteiger partial charge is 0.545 e. The fourth-order valence-electron chi connectivity index (χ4n) is 0.975. The fraction of sp³-hybridized carbons (Fsp3) is 0.667. The molecule has 20 heavy (non-hydrogen) atoms. The number of hydrogen-bond acceptors (Lipinski definition) is 2. The molecule has 118 valence electrons. The van der Waals surface area contributed by atoms with Crippen LogP contribution in [0.4, 0.5) is 39.5 Å². The highest BCUT2D eigenvalue weighted by atomic mass is 19.4. The monoisotopic (exact) mass is 317 g/mol. The first-order valence-corrected chi connectivity index (χ1v) is 4.67. The molecular weight excluding hydrogens is 311 g/mol. The first-order valence-electron chi connectivity index (χ1n) is 4.67. The summed E-state index contributed by atoms with van der Waals surface area (Å²) in [5.74, 6) is -21.6. The van der Waals surface area contributed by atoms with Crippen LogP contribution >= 0.6 is 0 Å². The molecule has 0 aromatic heterocycles. The van der Waals surface area contributed by atoms with Gasteiger partial charge in [0, 0.05) is 6.42 Å². The molecule has 0 aliphatic rings. The van der Waals surface area contributed by atoms with E-state index in [9.17, 15) is 49.4 Å². The molecule has 0 rings (SSSR count). The summed E-state index contributed by atoms with van der Waals surface area (Å²) in [4.78, 5) is 10.1. The standard InChI is InChI=1S/C9H7F9O2/c1-4(5(19)20)2-3-6(10,11)7(12,13)8(14,15)9(16,17)18/h1-3H2,(H,19,20)/p-1. The summed E-state index contributed by atoms with van der Waals surface area (Å²) in [5.41, 5.74) is -1.14. The van der Waals surface area contributed by atoms with Gasteiger partial charge in [0.2, 0.25) is 0 Å². The highest BCUT2D eigenvalue weighted by Gasteiger charge is 2.81. The number of carbonyl (C=O) groups excluding carboxylic acids is 1. The van der Waals surface area contributed by atoms with Crippen LogP contribution in [0.3, 0.4) is 0 Å². The Morgan fingerprint density at radius 1 is 0.900 bits per heavy atom. The highest BCUT2D eigenvalue weighted by molar-refractivity contribution is 5.83. The van der Waals surface area contributed by atoms with Crippen LogP contribution in [0.2, 0.25) is 0 Å². The van der Waals surface area contributed by atoms with Gasteiger partial charge in [0.15, 0.2) is 0 Å². The Kier molecular flexibility index (Phi) is 4.80. The third-order valence-corrected chi connectivity index (χ3v) is 2.24. The second kappa shape index (κ2) is 5.17. The van der Waals surface area contributed by atoms with Crippen LogP contribution in [0.25, 0.3) is 0 Å². The van der Waals surface area contributed by atoms with Crippen LogP contribution in [0.1, 0.15) is 12.8 Å². The average Bonchev–Trinajstić information content (AvgIpc) is 2.23. The van der Waals surface area contributed by atoms with Gasteiger partial charge >= 0.3 is 23.9 Å². The van der Waals surface area contributed by atoms with Crippen molar-refractivity contribution in [3.63, 3.8) is 0 Å². The van der Waals surface area contributed by atoms with Gasteiger partial charge in [-0.3, -0.25) is 0 Å². The molecule has 0 saturated carbocycles. The second-order valence-corrected chi connectivity index (χ2v) is 3.74. The molecular formula is C9H6F9O2-. The Morgan fingerprint density at radius 3 is 1.60 bits per heavy atom. The Bertz CT molecular complexity index is 397. The lowest BCUT2D eigenvalue weighted by atomic mass is 9.97. The lowest BCUT2D eigenvalue weighted by Crippen LogP contribution is -2.60. The van der Waals surface area contributed by atoms with Crippen molar-refractivity contribution in [1.82, 2.24) is 0 Å². The molecule has 0 unspecified atom stereocenters. The molecule has 11 heteroatoms. The summed E-state index contributed by atoms with van der Waals surface area (Å²) >= 11 is 0. The molecule has 0 N–H and O–H groups in total. The number of aliphatic carboxylic acids is 1. The number of halogens is 9. The molecule has 0 aromatic carbocycles. The van der Waals surface area contributed by atoms with E-state index in [1.54, 1.807) is 0 Å². The van der Waals surface area contributed by atoms with Crippen molar-refractivity contribution in [3.05, 3.63) is 12.2 Å². The molecule has 0 saturated heterocycles. The first-order chi connectivity index (χ1) is 8.58. The minimum Gasteiger partial charge on any atom is -0.545 e. The number of alkyl halides is 9. The van der Waals surface area contributed by atoms with Crippen molar-refractivity contribution in [2.45, 2.75) is 36.8 Å². The molecule has 0 bridgehead atoms. The fourth-order valence-corrected chi connectivity index (χ4v) is 0.975. The van der Waals surface area contributed by atoms with E-state index in [1.165, 1.54) is 0 Å². The molecule has 0 amide bonds. The molecule has 0 aromatic rings. The number of carbonyl (C=O) groups is 1. The second-order valence-electron chi connectivity index (χ2n) is 3.74. The van der Waals surface area contributed by atoms with Crippen LogP contribution in [0.5, 0.6) is 0 Å². The maximum atomic E-state index is 12.9. The summed E-state index contributed by atoms with van der Waals surface area (Å²) in [6.45, 7) is 2.60. The highest BCUT2D eigenvalue weighted by Crippen LogP contribution is 2.54. The zero-order chi connectivity index (χ0) is 16.6. The van der Waals surface area contributed by atoms with Gasteiger partial charge in [-0.15, -0.1) is 0 Å². The smallest absolute Gasteiger partial charge is 0.460 e. The van der Waals surface area contributed by atoms with E-state index in [-0.39, 0.29) is 0 Å². The van der Waals surface area contributed by atoms with E-state index in [4.69, 9.17) is 0 Å². The first kappa shape index (κ1) is 18.6. The molecule has 0 radical (unpaired) electrons. The molecule has 0 spiro atoms. The zero-order valence-corrected chi connectivity index (χ0v) is 9.34. The normalized spacial score (nSPS) is 14.2. The van der Waals surface area contributed by atoms with Gasteiger partial charge in [0.25, 0.3) is 0 Å². The van der Waals surface area contributed by atoms with Crippen molar-refractivity contribution in [1.29, 1.82) is 0 Å². The van der Waals surface area contributed by atoms with Gasteiger partial charge in [-0.2, -0.15) is 39.5 Å². The van der Waals surface area contributed by atoms with Crippen molar-refractivity contribution in [2.75, 3.05) is 0 Å². The summed E-state index contributed by atoms with van der Waals surface area (Å²) in [5, 5.41) is 10.1. The van der Waals surface area contributed by atoms with E-state index in [2.05, 4.69) is 6.58 Å². The van der Waals surface area contributed by atoms with E-state index in [0.29, 0.717) is 0 Å². The SMILES string of the molecule is C=C(CCC(F)(F)C(F)(F)C(F)(F)C(F)(F)F)C(=O)[O-]. The van der Waals surface area contributed by atoms with E-state index >= 15 is 0 Å². The molecule has 2 nitrogen and oxygen atoms in total. The van der Waals surface area contributed by atoms with E-state index in [0.717, 1.165) is 0 Å². The quantitative estimate of drug-likeness (QED) is 0.558. The van der Waals surface area contributed by atoms with Gasteiger partial charge in [0.1, 0.15) is 0 Å². The minimum absolute atomic E-state index is 1.14. The summed E-state index contributed by atoms with van der Waals surface area (Å²) in [6.07, 6.45) is -10.6. The zero-order valence-electron chi connectivity index (χ0n) is 9.34. The molecule has 0 aliphatic carbocycles. The minimum atomic E-state index is -6.98. The van der Waals surface area contributed by atoms with Crippen LogP contribution in [0.15, 0.2) is 12.2 Å². The lowest BCUT2D eigenvalue weighted by molar-refractivity contribution is -0.396. The molecule has 0 atom stereocenters. The molecule has 0 heterocycles. The van der Waals surface area contributed by atoms with Crippen LogP contribution in [-0.4, -0.2) is 29.9 Å². The van der Waals surface area contributed by atoms with Crippen molar-refractivity contribution >= 4 is 5.97 Å². The summed E-state index contributed by atoms with van der Waals surface area (Å²) in [7, 11) is 0.